The fraction of sp³-hybridized carbons (Fsp3) is 0.462. The van der Waals surface area contributed by atoms with E-state index < -0.39 is 0 Å². The highest BCUT2D eigenvalue weighted by Crippen LogP contribution is 2.21. The summed E-state index contributed by atoms with van der Waals surface area (Å²) in [6.07, 6.45) is 0.745. The van der Waals surface area contributed by atoms with Gasteiger partial charge >= 0.3 is 0 Å². The Bertz CT molecular complexity index is 390. The Morgan fingerprint density at radius 1 is 1.53 bits per heavy atom. The number of carbonyl (C=O) groups is 1. The fourth-order valence-corrected chi connectivity index (χ4v) is 1.51. The molecular weight excluding hydrogens is 218 g/mol. The van der Waals surface area contributed by atoms with Gasteiger partial charge in [-0.3, -0.25) is 4.79 Å². The SMILES string of the molecule is COCCC(C)NC(=O)c1cccc(C)c1O. The number of carbonyl (C=O) groups excluding carboxylic acids is 1. The molecule has 1 amide bonds. The predicted octanol–water partition coefficient (Wildman–Crippen LogP) is 1.86. The monoisotopic (exact) mass is 237 g/mol. The van der Waals surface area contributed by atoms with Crippen LogP contribution in [0.3, 0.4) is 0 Å². The van der Waals surface area contributed by atoms with E-state index in [2.05, 4.69) is 5.32 Å². The number of phenolic OH excluding ortho intramolecular Hbond substituents is 1. The van der Waals surface area contributed by atoms with Crippen molar-refractivity contribution in [1.82, 2.24) is 5.32 Å². The molecule has 0 aliphatic rings. The Kier molecular flexibility index (Phi) is 4.97. The van der Waals surface area contributed by atoms with Crippen molar-refractivity contribution in [2.45, 2.75) is 26.3 Å². The summed E-state index contributed by atoms with van der Waals surface area (Å²) in [5.74, 6) is -0.209. The third-order valence-corrected chi connectivity index (χ3v) is 2.61. The standard InChI is InChI=1S/C13H19NO3/c1-9-5-4-6-11(12(9)15)13(16)14-10(2)7-8-17-3/h4-6,10,15H,7-8H2,1-3H3,(H,14,16). The molecule has 0 saturated carbocycles. The number of hydrogen-bond acceptors (Lipinski definition) is 3. The van der Waals surface area contributed by atoms with Gasteiger partial charge in [-0.1, -0.05) is 12.1 Å². The van der Waals surface area contributed by atoms with Crippen LogP contribution in [-0.2, 0) is 4.74 Å². The molecule has 1 aromatic carbocycles. The number of aryl methyl sites for hydroxylation is 1. The van der Waals surface area contributed by atoms with Gasteiger partial charge in [-0.05, 0) is 31.9 Å². The van der Waals surface area contributed by atoms with Crippen LogP contribution in [0.2, 0.25) is 0 Å². The van der Waals surface area contributed by atoms with E-state index in [1.165, 1.54) is 0 Å². The summed E-state index contributed by atoms with van der Waals surface area (Å²) in [5.41, 5.74) is 1.01. The average Bonchev–Trinajstić information content (AvgIpc) is 2.29. The molecule has 1 aromatic rings. The second kappa shape index (κ2) is 6.25. The summed E-state index contributed by atoms with van der Waals surface area (Å²) in [6, 6.07) is 5.15. The number of phenols is 1. The Morgan fingerprint density at radius 3 is 2.88 bits per heavy atom. The van der Waals surface area contributed by atoms with Gasteiger partial charge in [0.2, 0.25) is 0 Å². The van der Waals surface area contributed by atoms with Crippen LogP contribution in [0.1, 0.15) is 29.3 Å². The molecule has 0 spiro atoms. The topological polar surface area (TPSA) is 58.6 Å². The Balaban J connectivity index is 2.67. The summed E-state index contributed by atoms with van der Waals surface area (Å²) < 4.78 is 4.94. The van der Waals surface area contributed by atoms with Gasteiger partial charge in [0.05, 0.1) is 5.56 Å². The van der Waals surface area contributed by atoms with E-state index in [0.717, 1.165) is 6.42 Å². The van der Waals surface area contributed by atoms with E-state index in [1.54, 1.807) is 32.2 Å². The largest absolute Gasteiger partial charge is 0.507 e. The number of para-hydroxylation sites is 1. The van der Waals surface area contributed by atoms with Gasteiger partial charge in [0.15, 0.2) is 0 Å². The fourth-order valence-electron chi connectivity index (χ4n) is 1.51. The first kappa shape index (κ1) is 13.5. The first-order valence-corrected chi connectivity index (χ1v) is 5.64. The highest BCUT2D eigenvalue weighted by molar-refractivity contribution is 5.97. The van der Waals surface area contributed by atoms with Gasteiger partial charge in [0.1, 0.15) is 5.75 Å². The van der Waals surface area contributed by atoms with Crippen molar-refractivity contribution in [1.29, 1.82) is 0 Å². The maximum Gasteiger partial charge on any atom is 0.255 e. The van der Waals surface area contributed by atoms with E-state index in [1.807, 2.05) is 6.92 Å². The highest BCUT2D eigenvalue weighted by Gasteiger charge is 2.14. The van der Waals surface area contributed by atoms with Crippen LogP contribution in [0.4, 0.5) is 0 Å². The summed E-state index contributed by atoms with van der Waals surface area (Å²) >= 11 is 0. The van der Waals surface area contributed by atoms with Crippen LogP contribution in [-0.4, -0.2) is 30.8 Å². The summed E-state index contributed by atoms with van der Waals surface area (Å²) in [5, 5.41) is 12.6. The summed E-state index contributed by atoms with van der Waals surface area (Å²) in [7, 11) is 1.63. The first-order valence-electron chi connectivity index (χ1n) is 5.64. The van der Waals surface area contributed by atoms with Crippen LogP contribution < -0.4 is 5.32 Å². The average molecular weight is 237 g/mol. The minimum Gasteiger partial charge on any atom is -0.507 e. The number of nitrogens with one attached hydrogen (secondary N) is 1. The van der Waals surface area contributed by atoms with Crippen LogP contribution >= 0.6 is 0 Å². The zero-order chi connectivity index (χ0) is 12.8. The number of aromatic hydroxyl groups is 1. The van der Waals surface area contributed by atoms with Crippen molar-refractivity contribution in [3.63, 3.8) is 0 Å². The molecule has 2 N–H and O–H groups in total. The normalized spacial score (nSPS) is 12.2. The second-order valence-corrected chi connectivity index (χ2v) is 4.13. The molecule has 1 atom stereocenters. The quantitative estimate of drug-likeness (QED) is 0.821. The number of amides is 1. The summed E-state index contributed by atoms with van der Waals surface area (Å²) in [6.45, 7) is 4.27. The van der Waals surface area contributed by atoms with Crippen molar-refractivity contribution in [3.05, 3.63) is 29.3 Å². The van der Waals surface area contributed by atoms with Crippen molar-refractivity contribution < 1.29 is 14.6 Å². The molecule has 4 heteroatoms. The first-order chi connectivity index (χ1) is 8.06. The van der Waals surface area contributed by atoms with Gasteiger partial charge in [0, 0.05) is 19.8 Å². The smallest absolute Gasteiger partial charge is 0.255 e. The lowest BCUT2D eigenvalue weighted by molar-refractivity contribution is 0.0927. The molecular formula is C13H19NO3. The molecule has 0 bridgehead atoms. The Hall–Kier alpha value is -1.55. The van der Waals surface area contributed by atoms with Crippen molar-refractivity contribution in [3.8, 4) is 5.75 Å². The van der Waals surface area contributed by atoms with Gasteiger partial charge in [0.25, 0.3) is 5.91 Å². The van der Waals surface area contributed by atoms with Crippen molar-refractivity contribution in [2.24, 2.45) is 0 Å². The number of ether oxygens (including phenoxy) is 1. The molecule has 0 saturated heterocycles. The van der Waals surface area contributed by atoms with Crippen LogP contribution in [0.15, 0.2) is 18.2 Å². The van der Waals surface area contributed by atoms with Gasteiger partial charge in [-0.25, -0.2) is 0 Å². The van der Waals surface area contributed by atoms with E-state index in [4.69, 9.17) is 4.74 Å². The zero-order valence-corrected chi connectivity index (χ0v) is 10.5. The van der Waals surface area contributed by atoms with Gasteiger partial charge < -0.3 is 15.2 Å². The predicted molar refractivity (Wildman–Crippen MR) is 66.3 cm³/mol. The lowest BCUT2D eigenvalue weighted by Crippen LogP contribution is -2.33. The molecule has 94 valence electrons. The molecule has 17 heavy (non-hydrogen) atoms. The minimum absolute atomic E-state index is 0.0161. The van der Waals surface area contributed by atoms with E-state index in [9.17, 15) is 9.90 Å². The molecule has 1 rings (SSSR count). The summed E-state index contributed by atoms with van der Waals surface area (Å²) in [4.78, 5) is 11.9. The molecule has 0 aliphatic heterocycles. The molecule has 4 nitrogen and oxygen atoms in total. The number of rotatable bonds is 5. The van der Waals surface area contributed by atoms with E-state index >= 15 is 0 Å². The van der Waals surface area contributed by atoms with Crippen LogP contribution in [0.25, 0.3) is 0 Å². The molecule has 0 aromatic heterocycles. The van der Waals surface area contributed by atoms with E-state index in [-0.39, 0.29) is 17.7 Å². The van der Waals surface area contributed by atoms with Crippen LogP contribution in [0, 0.1) is 6.92 Å². The third kappa shape index (κ3) is 3.75. The van der Waals surface area contributed by atoms with Gasteiger partial charge in [-0.15, -0.1) is 0 Å². The number of benzene rings is 1. The third-order valence-electron chi connectivity index (χ3n) is 2.61. The van der Waals surface area contributed by atoms with Crippen LogP contribution in [0.5, 0.6) is 5.75 Å². The molecule has 0 aliphatic carbocycles. The van der Waals surface area contributed by atoms with Crippen molar-refractivity contribution >= 4 is 5.91 Å². The molecule has 0 heterocycles. The zero-order valence-electron chi connectivity index (χ0n) is 10.5. The lowest BCUT2D eigenvalue weighted by Gasteiger charge is -2.14. The number of methoxy groups -OCH3 is 1. The molecule has 1 unspecified atom stereocenters. The molecule has 0 fully saturated rings. The van der Waals surface area contributed by atoms with E-state index in [0.29, 0.717) is 17.7 Å². The Morgan fingerprint density at radius 2 is 2.24 bits per heavy atom. The number of hydrogen-bond donors (Lipinski definition) is 2. The minimum atomic E-state index is -0.255. The molecule has 0 radical (unpaired) electrons. The highest BCUT2D eigenvalue weighted by atomic mass is 16.5. The second-order valence-electron chi connectivity index (χ2n) is 4.13. The van der Waals surface area contributed by atoms with Crippen molar-refractivity contribution in [2.75, 3.05) is 13.7 Å². The maximum atomic E-state index is 11.9. The Labute approximate surface area is 102 Å². The lowest BCUT2D eigenvalue weighted by atomic mass is 10.1. The maximum absolute atomic E-state index is 11.9. The van der Waals surface area contributed by atoms with Gasteiger partial charge in [-0.2, -0.15) is 0 Å².